The highest BCUT2D eigenvalue weighted by molar-refractivity contribution is 8.00. The number of nitrogens with zero attached hydrogens (tertiary/aromatic N) is 1. The highest BCUT2D eigenvalue weighted by Crippen LogP contribution is 2.27. The van der Waals surface area contributed by atoms with Gasteiger partial charge in [-0.3, -0.25) is 9.59 Å². The van der Waals surface area contributed by atoms with Crippen LogP contribution < -0.4 is 5.32 Å². The fourth-order valence-electron chi connectivity index (χ4n) is 2.39. The Morgan fingerprint density at radius 3 is 2.27 bits per heavy atom. The molecule has 4 nitrogen and oxygen atoms in total. The number of thioether (sulfide) groups is 1. The average molecular weight is 411 g/mol. The van der Waals surface area contributed by atoms with Crippen LogP contribution in [0.3, 0.4) is 0 Å². The number of nitrogens with one attached hydrogen (secondary N) is 1. The van der Waals surface area contributed by atoms with Gasteiger partial charge in [0.25, 0.3) is 0 Å². The summed E-state index contributed by atoms with van der Waals surface area (Å²) in [4.78, 5) is 27.5. The summed E-state index contributed by atoms with van der Waals surface area (Å²) in [6.07, 6.45) is 0. The van der Waals surface area contributed by atoms with Crippen molar-refractivity contribution in [1.82, 2.24) is 10.2 Å². The van der Waals surface area contributed by atoms with E-state index in [1.54, 1.807) is 32.2 Å². The molecular weight excluding hydrogens is 391 g/mol. The highest BCUT2D eigenvalue weighted by atomic mass is 35.5. The van der Waals surface area contributed by atoms with Crippen LogP contribution in [0.5, 0.6) is 0 Å². The molecule has 0 radical (unpaired) electrons. The Morgan fingerprint density at radius 2 is 1.69 bits per heavy atom. The number of benzene rings is 2. The number of rotatable bonds is 7. The van der Waals surface area contributed by atoms with E-state index in [2.05, 4.69) is 5.32 Å². The van der Waals surface area contributed by atoms with E-state index in [1.807, 2.05) is 30.3 Å². The van der Waals surface area contributed by atoms with Crippen molar-refractivity contribution in [2.75, 3.05) is 12.8 Å². The summed E-state index contributed by atoms with van der Waals surface area (Å²) in [6, 6.07) is 14.2. The van der Waals surface area contributed by atoms with Crippen molar-refractivity contribution in [3.8, 4) is 0 Å². The fraction of sp³-hybridized carbons (Fsp3) is 0.263. The minimum absolute atomic E-state index is 0.161. The van der Waals surface area contributed by atoms with Crippen LogP contribution in [0.4, 0.5) is 0 Å². The standard InChI is InChI=1S/C19H20Cl2N2O2S/c1-13(19(25)22-2)23(11-15-16(20)9-6-10-17(15)21)18(24)12-26-14-7-4-3-5-8-14/h3-10,13H,11-12H2,1-2H3,(H,22,25)/t13-/m1/s1. The number of carbonyl (C=O) groups is 2. The van der Waals surface area contributed by atoms with Gasteiger partial charge in [0.2, 0.25) is 11.8 Å². The molecule has 2 amide bonds. The van der Waals surface area contributed by atoms with Gasteiger partial charge < -0.3 is 10.2 Å². The first kappa shape index (κ1) is 20.6. The third kappa shape index (κ3) is 5.40. The zero-order valence-electron chi connectivity index (χ0n) is 14.5. The van der Waals surface area contributed by atoms with E-state index in [4.69, 9.17) is 23.2 Å². The van der Waals surface area contributed by atoms with Crippen molar-refractivity contribution in [3.63, 3.8) is 0 Å². The molecule has 0 spiro atoms. The molecule has 0 saturated carbocycles. The van der Waals surface area contributed by atoms with Crippen LogP contribution in [0.2, 0.25) is 10.0 Å². The predicted molar refractivity (Wildman–Crippen MR) is 108 cm³/mol. The molecule has 1 atom stereocenters. The second-order valence-electron chi connectivity index (χ2n) is 5.61. The quantitative estimate of drug-likeness (QED) is 0.693. The van der Waals surface area contributed by atoms with E-state index in [0.29, 0.717) is 15.6 Å². The van der Waals surface area contributed by atoms with E-state index in [1.165, 1.54) is 16.7 Å². The second kappa shape index (κ2) is 9.86. The van der Waals surface area contributed by atoms with Crippen LogP contribution in [0.25, 0.3) is 0 Å². The summed E-state index contributed by atoms with van der Waals surface area (Å²) in [5.74, 6) is -0.190. The first-order valence-electron chi connectivity index (χ1n) is 8.05. The molecule has 1 N–H and O–H groups in total. The third-order valence-corrected chi connectivity index (χ3v) is 5.61. The first-order valence-corrected chi connectivity index (χ1v) is 9.80. The summed E-state index contributed by atoms with van der Waals surface area (Å²) in [7, 11) is 1.54. The van der Waals surface area contributed by atoms with Gasteiger partial charge in [-0.1, -0.05) is 47.5 Å². The minimum Gasteiger partial charge on any atom is -0.357 e. The second-order valence-corrected chi connectivity index (χ2v) is 7.48. The van der Waals surface area contributed by atoms with E-state index in [9.17, 15) is 9.59 Å². The summed E-state index contributed by atoms with van der Waals surface area (Å²) in [5, 5.41) is 3.52. The maximum absolute atomic E-state index is 12.8. The first-order chi connectivity index (χ1) is 12.4. The van der Waals surface area contributed by atoms with Crippen LogP contribution in [0, 0.1) is 0 Å². The van der Waals surface area contributed by atoms with Gasteiger partial charge in [0.1, 0.15) is 6.04 Å². The monoisotopic (exact) mass is 410 g/mol. The Morgan fingerprint density at radius 1 is 1.08 bits per heavy atom. The zero-order valence-corrected chi connectivity index (χ0v) is 16.9. The third-order valence-electron chi connectivity index (χ3n) is 3.91. The Hall–Kier alpha value is -1.69. The molecule has 26 heavy (non-hydrogen) atoms. The molecule has 0 unspecified atom stereocenters. The van der Waals surface area contributed by atoms with Crippen molar-refractivity contribution >= 4 is 46.8 Å². The maximum Gasteiger partial charge on any atom is 0.242 e. The van der Waals surface area contributed by atoms with Crippen LogP contribution in [0.15, 0.2) is 53.4 Å². The van der Waals surface area contributed by atoms with E-state index >= 15 is 0 Å². The van der Waals surface area contributed by atoms with Gasteiger partial charge in [0.05, 0.1) is 5.75 Å². The lowest BCUT2D eigenvalue weighted by Crippen LogP contribution is -2.47. The molecule has 2 aromatic rings. The number of halogens is 2. The number of carbonyl (C=O) groups excluding carboxylic acids is 2. The SMILES string of the molecule is CNC(=O)[C@@H](C)N(Cc1c(Cl)cccc1Cl)C(=O)CSc1ccccc1. The molecule has 0 aromatic heterocycles. The van der Waals surface area contributed by atoms with Crippen LogP contribution >= 0.6 is 35.0 Å². The van der Waals surface area contributed by atoms with Gasteiger partial charge in [-0.25, -0.2) is 0 Å². The molecule has 0 aliphatic carbocycles. The number of likely N-dealkylation sites (N-methyl/N-ethyl adjacent to an activating group) is 1. The lowest BCUT2D eigenvalue weighted by Gasteiger charge is -2.29. The van der Waals surface area contributed by atoms with Crippen LogP contribution in [-0.4, -0.2) is 35.6 Å². The number of amides is 2. The molecule has 0 bridgehead atoms. The molecule has 0 aliphatic heterocycles. The molecular formula is C19H20Cl2N2O2S. The van der Waals surface area contributed by atoms with Gasteiger partial charge in [-0.15, -0.1) is 11.8 Å². The largest absolute Gasteiger partial charge is 0.357 e. The molecule has 2 aromatic carbocycles. The fourth-order valence-corrected chi connectivity index (χ4v) is 3.71. The van der Waals surface area contributed by atoms with Gasteiger partial charge in [-0.2, -0.15) is 0 Å². The summed E-state index contributed by atoms with van der Waals surface area (Å²) in [5.41, 5.74) is 0.629. The lowest BCUT2D eigenvalue weighted by molar-refractivity contribution is -0.138. The van der Waals surface area contributed by atoms with Gasteiger partial charge in [-0.05, 0) is 31.2 Å². The lowest BCUT2D eigenvalue weighted by atomic mass is 10.1. The summed E-state index contributed by atoms with van der Waals surface area (Å²) < 4.78 is 0. The van der Waals surface area contributed by atoms with Gasteiger partial charge in [0, 0.05) is 34.1 Å². The van der Waals surface area contributed by atoms with Crippen LogP contribution in [0.1, 0.15) is 12.5 Å². The Labute approximate surface area is 167 Å². The molecule has 0 fully saturated rings. The molecule has 0 heterocycles. The molecule has 7 heteroatoms. The number of hydrogen-bond donors (Lipinski definition) is 1. The molecule has 138 valence electrons. The van der Waals surface area contributed by atoms with Gasteiger partial charge >= 0.3 is 0 Å². The number of hydrogen-bond acceptors (Lipinski definition) is 3. The highest BCUT2D eigenvalue weighted by Gasteiger charge is 2.26. The Bertz CT molecular complexity index is 751. The van der Waals surface area contributed by atoms with Crippen molar-refractivity contribution in [1.29, 1.82) is 0 Å². The molecule has 2 rings (SSSR count). The molecule has 0 saturated heterocycles. The minimum atomic E-state index is -0.642. The van der Waals surface area contributed by atoms with E-state index in [0.717, 1.165) is 4.90 Å². The smallest absolute Gasteiger partial charge is 0.242 e. The normalized spacial score (nSPS) is 11.7. The topological polar surface area (TPSA) is 49.4 Å². The van der Waals surface area contributed by atoms with E-state index < -0.39 is 6.04 Å². The van der Waals surface area contributed by atoms with Crippen LogP contribution in [-0.2, 0) is 16.1 Å². The van der Waals surface area contributed by atoms with Crippen molar-refractivity contribution < 1.29 is 9.59 Å². The average Bonchev–Trinajstić information content (AvgIpc) is 2.65. The maximum atomic E-state index is 12.8. The summed E-state index contributed by atoms with van der Waals surface area (Å²) in [6.45, 7) is 1.86. The van der Waals surface area contributed by atoms with E-state index in [-0.39, 0.29) is 24.1 Å². The Balaban J connectivity index is 2.20. The van der Waals surface area contributed by atoms with Crippen molar-refractivity contribution in [2.45, 2.75) is 24.4 Å². The Kier molecular flexibility index (Phi) is 7.82. The van der Waals surface area contributed by atoms with Crippen molar-refractivity contribution in [3.05, 3.63) is 64.1 Å². The van der Waals surface area contributed by atoms with Gasteiger partial charge in [0.15, 0.2) is 0 Å². The zero-order chi connectivity index (χ0) is 19.1. The molecule has 0 aliphatic rings. The summed E-state index contributed by atoms with van der Waals surface area (Å²) >= 11 is 13.9. The van der Waals surface area contributed by atoms with Crippen molar-refractivity contribution in [2.24, 2.45) is 0 Å². The predicted octanol–water partition coefficient (Wildman–Crippen LogP) is 4.25.